The van der Waals surface area contributed by atoms with Gasteiger partial charge < -0.3 is 80.4 Å². The summed E-state index contributed by atoms with van der Waals surface area (Å²) >= 11 is 4.55. The van der Waals surface area contributed by atoms with Crippen molar-refractivity contribution in [1.29, 1.82) is 0 Å². The van der Waals surface area contributed by atoms with E-state index in [-0.39, 0.29) is 84.2 Å². The molecule has 4 unspecified atom stereocenters. The Bertz CT molecular complexity index is 3120. The number of benzene rings is 2. The van der Waals surface area contributed by atoms with Gasteiger partial charge in [0.1, 0.15) is 22.6 Å². The van der Waals surface area contributed by atoms with E-state index in [1.165, 1.54) is 44.9 Å². The molecule has 0 radical (unpaired) electrons. The minimum absolute atomic E-state index is 0.00634. The van der Waals surface area contributed by atoms with Gasteiger partial charge in [-0.05, 0) is 38.8 Å². The average Bonchev–Trinajstić information content (AvgIpc) is 4.31. The van der Waals surface area contributed by atoms with Crippen LogP contribution in [0.5, 0.6) is 46.0 Å². The fourth-order valence-electron chi connectivity index (χ4n) is 10.1. The molecule has 0 saturated carbocycles. The predicted octanol–water partition coefficient (Wildman–Crippen LogP) is 3.55. The van der Waals surface area contributed by atoms with Gasteiger partial charge in [-0.3, -0.25) is 28.8 Å². The lowest BCUT2D eigenvalue weighted by Crippen LogP contribution is -2.37. The van der Waals surface area contributed by atoms with Crippen LogP contribution in [0.15, 0.2) is 46.0 Å². The molecular weight excluding hydrogens is 1210 g/mol. The van der Waals surface area contributed by atoms with Crippen molar-refractivity contribution in [3.63, 3.8) is 0 Å². The van der Waals surface area contributed by atoms with Crippen LogP contribution in [-0.2, 0) is 14.1 Å². The molecule has 4 atom stereocenters. The number of aromatic hydroxyl groups is 4. The second-order valence-electron chi connectivity index (χ2n) is 18.3. The molecule has 22 nitrogen and oxygen atoms in total. The average molecular weight is 1280 g/mol. The molecule has 9 rings (SSSR count). The van der Waals surface area contributed by atoms with Gasteiger partial charge in [-0.1, -0.05) is 69.5 Å². The summed E-state index contributed by atoms with van der Waals surface area (Å²) in [6.45, 7) is 6.08. The van der Waals surface area contributed by atoms with Crippen molar-refractivity contribution in [2.24, 2.45) is 14.1 Å². The Morgan fingerprint density at radius 2 is 0.921 bits per heavy atom. The summed E-state index contributed by atoms with van der Waals surface area (Å²) in [6.07, 6.45) is 10.1. The van der Waals surface area contributed by atoms with Crippen molar-refractivity contribution in [2.45, 2.75) is 50.4 Å². The summed E-state index contributed by atoms with van der Waals surface area (Å²) < 4.78 is 26.4. The van der Waals surface area contributed by atoms with Crippen LogP contribution in [0.1, 0.15) is 112 Å². The molecule has 408 valence electrons. The third-order valence-electron chi connectivity index (χ3n) is 14.0. The largest absolute Gasteiger partial charge is 0.504 e. The van der Waals surface area contributed by atoms with E-state index >= 15 is 0 Å². The molecule has 5 aliphatic rings. The van der Waals surface area contributed by atoms with Gasteiger partial charge in [-0.15, -0.1) is 0 Å². The number of ether oxygens (including phenoxy) is 4. The standard InChI is InChI=1S/C26H30N4O7.C25H30N4O7.CH2I2/c1-13-10-16(20(31)26(34)30(13)2)24(32)28-8-6-27-7-9-29-25(33)19-21(35-3)17-14-4-5-15(11-14)18(17)22-23(19)37-12-36-22;1-12-10-15(19(30)25(35)29(12)2)23(33)27-8-6-26-7-9-28-24(34)18-21(32)20(31)16-13-4-5-14(11-13)17(16)22(18)36-3;2-1-3/h4-5,10,14-15,27,31H,6-9,11-12H2,1-3H3,(H,28,32)(H,29,33);4-5,10,13-14,26,30-32H,6-9,11H2,1-3H3,(H,27,33)(H,28,34);1H2. The lowest BCUT2D eigenvalue weighted by atomic mass is 9.91. The number of carbonyl (C=O) groups excluding carboxylic acids is 4. The van der Waals surface area contributed by atoms with Crippen molar-refractivity contribution in [2.75, 3.05) is 75.8 Å². The van der Waals surface area contributed by atoms with Crippen molar-refractivity contribution in [3.05, 3.63) is 113 Å². The molecule has 3 heterocycles. The summed E-state index contributed by atoms with van der Waals surface area (Å²) in [6, 6.07) is 2.91. The van der Waals surface area contributed by atoms with Crippen LogP contribution in [0.25, 0.3) is 0 Å². The summed E-state index contributed by atoms with van der Waals surface area (Å²) in [7, 11) is 6.03. The number of halogens is 2. The first-order chi connectivity index (χ1) is 36.4. The van der Waals surface area contributed by atoms with Crippen molar-refractivity contribution >= 4 is 68.8 Å². The number of nitrogens with zero attached hydrogens (tertiary/aromatic N) is 2. The lowest BCUT2D eigenvalue weighted by molar-refractivity contribution is 0.0936. The first-order valence-electron chi connectivity index (χ1n) is 24.4. The Hall–Kier alpha value is -6.52. The first kappa shape index (κ1) is 57.2. The number of allylic oxidation sites excluding steroid dienone is 4. The van der Waals surface area contributed by atoms with E-state index in [1.807, 2.05) is 12.2 Å². The number of aryl methyl sites for hydroxylation is 2. The van der Waals surface area contributed by atoms with Crippen LogP contribution in [0.2, 0.25) is 0 Å². The van der Waals surface area contributed by atoms with Crippen molar-refractivity contribution in [3.8, 4) is 46.0 Å². The molecule has 4 amide bonds. The number of fused-ring (bicyclic) bond motifs is 12. The van der Waals surface area contributed by atoms with Crippen LogP contribution >= 0.6 is 45.2 Å². The van der Waals surface area contributed by atoms with E-state index in [9.17, 15) is 49.2 Å². The maximum absolute atomic E-state index is 13.2. The van der Waals surface area contributed by atoms with E-state index in [1.54, 1.807) is 21.0 Å². The third kappa shape index (κ3) is 11.4. The molecule has 0 spiro atoms. The molecule has 1 aliphatic heterocycles. The molecular formula is C52H62I2N8O14. The summed E-state index contributed by atoms with van der Waals surface area (Å²) in [5.74, 6) is -1.52. The molecule has 2 aromatic carbocycles. The Morgan fingerprint density at radius 3 is 1.37 bits per heavy atom. The Balaban J connectivity index is 0.000000211. The number of aromatic nitrogens is 2. The lowest BCUT2D eigenvalue weighted by Gasteiger charge is -2.21. The number of pyridine rings is 2. The highest BCUT2D eigenvalue weighted by molar-refractivity contribution is 14.2. The van der Waals surface area contributed by atoms with Crippen LogP contribution in [0, 0.1) is 13.8 Å². The number of methoxy groups -OCH3 is 2. The Morgan fingerprint density at radius 1 is 0.553 bits per heavy atom. The van der Waals surface area contributed by atoms with E-state index in [2.05, 4.69) is 89.2 Å². The molecule has 0 saturated heterocycles. The highest BCUT2D eigenvalue weighted by Gasteiger charge is 2.45. The van der Waals surface area contributed by atoms with Crippen molar-refractivity contribution in [1.82, 2.24) is 41.0 Å². The molecule has 4 aliphatic carbocycles. The molecule has 4 bridgehead atoms. The Labute approximate surface area is 464 Å². The van der Waals surface area contributed by atoms with Gasteiger partial charge in [-0.25, -0.2) is 0 Å². The molecule has 2 aromatic heterocycles. The van der Waals surface area contributed by atoms with Gasteiger partial charge in [0.15, 0.2) is 34.5 Å². The Kier molecular flexibility index (Phi) is 18.9. The molecule has 24 heteroatoms. The number of hydrogen-bond acceptors (Lipinski definition) is 16. The first-order valence-corrected chi connectivity index (χ1v) is 27.5. The fourth-order valence-corrected chi connectivity index (χ4v) is 10.1. The van der Waals surface area contributed by atoms with E-state index in [0.717, 1.165) is 29.5 Å². The zero-order chi connectivity index (χ0) is 55.1. The number of phenols is 2. The van der Waals surface area contributed by atoms with Crippen LogP contribution in [0.4, 0.5) is 0 Å². The number of alkyl halides is 2. The quantitative estimate of drug-likeness (QED) is 0.0224. The minimum atomic E-state index is -0.641. The maximum atomic E-state index is 13.2. The summed E-state index contributed by atoms with van der Waals surface area (Å²) in [4.78, 5) is 74.6. The fraction of sp³-hybridized carbons (Fsp3) is 0.423. The number of phenolic OH excluding ortho intramolecular Hbond substituents is 2. The zero-order valence-corrected chi connectivity index (χ0v) is 47.1. The van der Waals surface area contributed by atoms with Crippen molar-refractivity contribution < 1.29 is 58.6 Å². The molecule has 10 N–H and O–H groups in total. The van der Waals surface area contributed by atoms with E-state index < -0.39 is 46.1 Å². The predicted molar refractivity (Wildman–Crippen MR) is 298 cm³/mol. The highest BCUT2D eigenvalue weighted by atomic mass is 127. The van der Waals surface area contributed by atoms with Gasteiger partial charge in [0, 0.05) is 124 Å². The maximum Gasteiger partial charge on any atom is 0.293 e. The smallest absolute Gasteiger partial charge is 0.293 e. The number of amides is 4. The topological polar surface area (TPSA) is 302 Å². The number of hydrogen-bond donors (Lipinski definition) is 10. The monoisotopic (exact) mass is 1280 g/mol. The molecule has 4 aromatic rings. The number of rotatable bonds is 18. The summed E-state index contributed by atoms with van der Waals surface area (Å²) in [5.41, 5.74) is 3.41. The van der Waals surface area contributed by atoms with Gasteiger partial charge in [0.2, 0.25) is 6.79 Å². The normalized spacial score (nSPS) is 17.2. The number of carbonyl (C=O) groups is 4. The highest BCUT2D eigenvalue weighted by Crippen LogP contribution is 2.61. The third-order valence-corrected chi connectivity index (χ3v) is 14.0. The zero-order valence-electron chi connectivity index (χ0n) is 42.8. The van der Waals surface area contributed by atoms with Gasteiger partial charge >= 0.3 is 0 Å². The van der Waals surface area contributed by atoms with Gasteiger partial charge in [-0.2, -0.15) is 0 Å². The minimum Gasteiger partial charge on any atom is -0.504 e. The van der Waals surface area contributed by atoms with E-state index in [0.29, 0.717) is 72.5 Å². The molecule has 0 fully saturated rings. The number of nitrogens with one attached hydrogen (secondary N) is 6. The second-order valence-corrected chi connectivity index (χ2v) is 22.8. The van der Waals surface area contributed by atoms with Crippen LogP contribution < -0.4 is 62.0 Å². The van der Waals surface area contributed by atoms with E-state index in [4.69, 9.17) is 18.9 Å². The second kappa shape index (κ2) is 25.1. The van der Waals surface area contributed by atoms with Gasteiger partial charge in [0.25, 0.3) is 34.7 Å². The van der Waals surface area contributed by atoms with Crippen LogP contribution in [-0.4, -0.2) is 129 Å². The SMILES string of the molecule is COc1c(C(=O)NCCNCCNC(=O)c2cc(C)n(C)c(=O)c2O)c(O)c(O)c2c1C1C=CC2C1.COc1c(C(=O)NCCNCCNC(=O)c2cc(C)n(C)c(=O)c2O)c2c(c3c1C1C=CC3C1)OCO2.ICI. The summed E-state index contributed by atoms with van der Waals surface area (Å²) in [5, 5.41) is 58.1. The van der Waals surface area contributed by atoms with Crippen LogP contribution in [0.3, 0.4) is 0 Å². The van der Waals surface area contributed by atoms with Gasteiger partial charge in [0.05, 0.1) is 27.8 Å². The molecule has 76 heavy (non-hydrogen) atoms.